The molecule has 1 saturated carbocycles. The van der Waals surface area contributed by atoms with Crippen LogP contribution in [0.3, 0.4) is 0 Å². The van der Waals surface area contributed by atoms with Gasteiger partial charge in [0.2, 0.25) is 0 Å². The number of hydrogen-bond donors (Lipinski definition) is 1. The fourth-order valence-corrected chi connectivity index (χ4v) is 3.71. The smallest absolute Gasteiger partial charge is 0.0360 e. The SMILES string of the molecule is CCC(CN)(C1CC1)N1CCc2ccccc2C1. The zero-order valence-electron chi connectivity index (χ0n) is 11.4. The van der Waals surface area contributed by atoms with Crippen molar-refractivity contribution in [1.82, 2.24) is 4.90 Å². The lowest BCUT2D eigenvalue weighted by molar-refractivity contribution is 0.0549. The highest BCUT2D eigenvalue weighted by Gasteiger charge is 2.47. The molecule has 2 N–H and O–H groups in total. The lowest BCUT2D eigenvalue weighted by Gasteiger charge is -2.46. The van der Waals surface area contributed by atoms with Crippen LogP contribution in [0.25, 0.3) is 0 Å². The van der Waals surface area contributed by atoms with Crippen molar-refractivity contribution in [3.63, 3.8) is 0 Å². The second-order valence-electron chi connectivity index (χ2n) is 5.88. The molecule has 1 aromatic rings. The predicted molar refractivity (Wildman–Crippen MR) is 75.4 cm³/mol. The zero-order chi connectivity index (χ0) is 12.6. The van der Waals surface area contributed by atoms with Gasteiger partial charge >= 0.3 is 0 Å². The summed E-state index contributed by atoms with van der Waals surface area (Å²) in [5.74, 6) is 0.845. The molecule has 2 aliphatic rings. The number of nitrogens with two attached hydrogens (primary N) is 1. The molecule has 98 valence electrons. The van der Waals surface area contributed by atoms with Gasteiger partial charge in [-0.3, -0.25) is 4.90 Å². The van der Waals surface area contributed by atoms with Gasteiger partial charge in [0, 0.05) is 25.2 Å². The van der Waals surface area contributed by atoms with Gasteiger partial charge in [0.05, 0.1) is 0 Å². The molecular weight excluding hydrogens is 220 g/mol. The van der Waals surface area contributed by atoms with Crippen LogP contribution in [0.5, 0.6) is 0 Å². The van der Waals surface area contributed by atoms with Gasteiger partial charge < -0.3 is 5.73 Å². The summed E-state index contributed by atoms with van der Waals surface area (Å²) in [6.45, 7) is 5.40. The molecule has 18 heavy (non-hydrogen) atoms. The molecule has 1 aromatic carbocycles. The summed E-state index contributed by atoms with van der Waals surface area (Å²) in [5.41, 5.74) is 9.48. The highest BCUT2D eigenvalue weighted by atomic mass is 15.2. The molecule has 3 rings (SSSR count). The van der Waals surface area contributed by atoms with Crippen molar-refractivity contribution < 1.29 is 0 Å². The molecule has 2 heteroatoms. The molecule has 1 aliphatic carbocycles. The van der Waals surface area contributed by atoms with E-state index in [0.717, 1.165) is 19.0 Å². The lowest BCUT2D eigenvalue weighted by Crippen LogP contribution is -2.56. The topological polar surface area (TPSA) is 29.3 Å². The van der Waals surface area contributed by atoms with Crippen LogP contribution in [0.4, 0.5) is 0 Å². The Balaban J connectivity index is 1.85. The Labute approximate surface area is 110 Å². The monoisotopic (exact) mass is 244 g/mol. The Bertz CT molecular complexity index is 419. The van der Waals surface area contributed by atoms with Crippen molar-refractivity contribution in [2.75, 3.05) is 13.1 Å². The van der Waals surface area contributed by atoms with Crippen LogP contribution in [-0.2, 0) is 13.0 Å². The summed E-state index contributed by atoms with van der Waals surface area (Å²) in [6, 6.07) is 8.88. The number of nitrogens with zero attached hydrogens (tertiary/aromatic N) is 1. The van der Waals surface area contributed by atoms with Crippen molar-refractivity contribution >= 4 is 0 Å². The van der Waals surface area contributed by atoms with E-state index in [1.165, 1.54) is 43.4 Å². The molecule has 1 heterocycles. The first kappa shape index (κ1) is 12.2. The summed E-state index contributed by atoms with van der Waals surface area (Å²) in [6.07, 6.45) is 5.13. The quantitative estimate of drug-likeness (QED) is 0.882. The van der Waals surface area contributed by atoms with Gasteiger partial charge in [0.25, 0.3) is 0 Å². The first-order valence-corrected chi connectivity index (χ1v) is 7.32. The minimum Gasteiger partial charge on any atom is -0.329 e. The fraction of sp³-hybridized carbons (Fsp3) is 0.625. The average Bonchev–Trinajstić information content (AvgIpc) is 3.26. The molecule has 0 bridgehead atoms. The lowest BCUT2D eigenvalue weighted by atomic mass is 9.85. The number of benzene rings is 1. The Kier molecular flexibility index (Phi) is 3.16. The zero-order valence-corrected chi connectivity index (χ0v) is 11.4. The van der Waals surface area contributed by atoms with Gasteiger partial charge in [-0.05, 0) is 42.7 Å². The number of fused-ring (bicyclic) bond motifs is 1. The van der Waals surface area contributed by atoms with Gasteiger partial charge in [-0.15, -0.1) is 0 Å². The molecule has 1 atom stereocenters. The number of hydrogen-bond acceptors (Lipinski definition) is 2. The first-order valence-electron chi connectivity index (χ1n) is 7.32. The van der Waals surface area contributed by atoms with E-state index in [1.807, 2.05) is 0 Å². The van der Waals surface area contributed by atoms with E-state index in [4.69, 9.17) is 5.73 Å². The van der Waals surface area contributed by atoms with E-state index in [1.54, 1.807) is 0 Å². The normalized spacial score (nSPS) is 23.4. The van der Waals surface area contributed by atoms with Crippen LogP contribution in [0.15, 0.2) is 24.3 Å². The molecular formula is C16H24N2. The molecule has 2 nitrogen and oxygen atoms in total. The van der Waals surface area contributed by atoms with Crippen molar-refractivity contribution in [3.05, 3.63) is 35.4 Å². The highest BCUT2D eigenvalue weighted by molar-refractivity contribution is 5.30. The second kappa shape index (κ2) is 4.67. The minimum absolute atomic E-state index is 0.271. The van der Waals surface area contributed by atoms with E-state index in [9.17, 15) is 0 Å². The Morgan fingerprint density at radius 2 is 2.00 bits per heavy atom. The third-order valence-electron chi connectivity index (χ3n) is 5.06. The van der Waals surface area contributed by atoms with Gasteiger partial charge in [-0.1, -0.05) is 31.2 Å². The largest absolute Gasteiger partial charge is 0.329 e. The highest BCUT2D eigenvalue weighted by Crippen LogP contribution is 2.45. The molecule has 0 amide bonds. The summed E-state index contributed by atoms with van der Waals surface area (Å²) in [5, 5.41) is 0. The van der Waals surface area contributed by atoms with E-state index in [-0.39, 0.29) is 5.54 Å². The van der Waals surface area contributed by atoms with Crippen molar-refractivity contribution in [3.8, 4) is 0 Å². The molecule has 0 radical (unpaired) electrons. The Morgan fingerprint density at radius 1 is 1.28 bits per heavy atom. The molecule has 1 aliphatic heterocycles. The van der Waals surface area contributed by atoms with E-state index >= 15 is 0 Å². The fourth-order valence-electron chi connectivity index (χ4n) is 3.71. The second-order valence-corrected chi connectivity index (χ2v) is 5.88. The first-order chi connectivity index (χ1) is 8.80. The summed E-state index contributed by atoms with van der Waals surface area (Å²) >= 11 is 0. The van der Waals surface area contributed by atoms with Gasteiger partial charge in [-0.2, -0.15) is 0 Å². The summed E-state index contributed by atoms with van der Waals surface area (Å²) in [4.78, 5) is 2.67. The van der Waals surface area contributed by atoms with E-state index < -0.39 is 0 Å². The maximum absolute atomic E-state index is 6.17. The molecule has 0 saturated heterocycles. The minimum atomic E-state index is 0.271. The van der Waals surface area contributed by atoms with Gasteiger partial charge in [-0.25, -0.2) is 0 Å². The van der Waals surface area contributed by atoms with Crippen molar-refractivity contribution in [2.45, 2.75) is 44.7 Å². The van der Waals surface area contributed by atoms with Crippen molar-refractivity contribution in [2.24, 2.45) is 11.7 Å². The van der Waals surface area contributed by atoms with Crippen LogP contribution in [0.2, 0.25) is 0 Å². The Hall–Kier alpha value is -0.860. The van der Waals surface area contributed by atoms with E-state index in [0.29, 0.717) is 0 Å². The standard InChI is InChI=1S/C16H24N2/c1-2-16(12-17,15-7-8-15)18-10-9-13-5-3-4-6-14(13)11-18/h3-6,15H,2,7-12,17H2,1H3. The van der Waals surface area contributed by atoms with Crippen LogP contribution in [0.1, 0.15) is 37.3 Å². The maximum atomic E-state index is 6.17. The molecule has 1 fully saturated rings. The van der Waals surface area contributed by atoms with Crippen LogP contribution >= 0.6 is 0 Å². The van der Waals surface area contributed by atoms with Gasteiger partial charge in [0.1, 0.15) is 0 Å². The van der Waals surface area contributed by atoms with E-state index in [2.05, 4.69) is 36.1 Å². The van der Waals surface area contributed by atoms with Crippen molar-refractivity contribution in [1.29, 1.82) is 0 Å². The van der Waals surface area contributed by atoms with Crippen LogP contribution < -0.4 is 5.73 Å². The molecule has 0 aromatic heterocycles. The van der Waals surface area contributed by atoms with Crippen LogP contribution in [-0.4, -0.2) is 23.5 Å². The summed E-state index contributed by atoms with van der Waals surface area (Å²) < 4.78 is 0. The third kappa shape index (κ3) is 1.88. The average molecular weight is 244 g/mol. The third-order valence-corrected chi connectivity index (χ3v) is 5.06. The summed E-state index contributed by atoms with van der Waals surface area (Å²) in [7, 11) is 0. The maximum Gasteiger partial charge on any atom is 0.0360 e. The molecule has 0 spiro atoms. The Morgan fingerprint density at radius 3 is 2.61 bits per heavy atom. The van der Waals surface area contributed by atoms with Gasteiger partial charge in [0.15, 0.2) is 0 Å². The number of rotatable bonds is 4. The molecule has 1 unspecified atom stereocenters. The van der Waals surface area contributed by atoms with Crippen LogP contribution in [0, 0.1) is 5.92 Å². The predicted octanol–water partition coefficient (Wildman–Crippen LogP) is 2.56.